The smallest absolute Gasteiger partial charge is 0.343 e. The molecule has 0 aliphatic rings. The maximum atomic E-state index is 11.6. The molecule has 0 amide bonds. The molecule has 0 spiro atoms. The van der Waals surface area contributed by atoms with Crippen molar-refractivity contribution in [1.82, 2.24) is 14.8 Å². The molecule has 0 aliphatic heterocycles. The maximum absolute atomic E-state index is 11.6. The summed E-state index contributed by atoms with van der Waals surface area (Å²) in [5.41, 5.74) is 6.28. The number of anilines is 1. The number of nitrogens with zero attached hydrogens (tertiary/aromatic N) is 2. The first kappa shape index (κ1) is 13.5. The summed E-state index contributed by atoms with van der Waals surface area (Å²) >= 11 is 3.69. The Morgan fingerprint density at radius 1 is 1.56 bits per heavy atom. The molecule has 96 valence electrons. The second-order valence-corrected chi connectivity index (χ2v) is 5.93. The molecular formula is C11H13IN4OS. The van der Waals surface area contributed by atoms with Gasteiger partial charge in [-0.1, -0.05) is 6.92 Å². The van der Waals surface area contributed by atoms with Crippen LogP contribution in [0.15, 0.2) is 33.0 Å². The minimum Gasteiger partial charge on any atom is -0.399 e. The van der Waals surface area contributed by atoms with Gasteiger partial charge in [0, 0.05) is 20.7 Å². The van der Waals surface area contributed by atoms with E-state index < -0.39 is 0 Å². The molecule has 0 aliphatic carbocycles. The Hall–Kier alpha value is -0.960. The average Bonchev–Trinajstić information content (AvgIpc) is 2.66. The Balaban J connectivity index is 2.31. The minimum absolute atomic E-state index is 0.162. The molecule has 0 unspecified atom stereocenters. The topological polar surface area (TPSA) is 76.7 Å². The van der Waals surface area contributed by atoms with Gasteiger partial charge in [0.25, 0.3) is 0 Å². The fourth-order valence-corrected chi connectivity index (χ4v) is 3.23. The van der Waals surface area contributed by atoms with E-state index in [4.69, 9.17) is 5.73 Å². The quantitative estimate of drug-likeness (QED) is 0.634. The Morgan fingerprint density at radius 3 is 3.00 bits per heavy atom. The van der Waals surface area contributed by atoms with Crippen molar-refractivity contribution in [3.8, 4) is 0 Å². The van der Waals surface area contributed by atoms with E-state index in [2.05, 4.69) is 32.8 Å². The minimum atomic E-state index is -0.162. The second-order valence-electron chi connectivity index (χ2n) is 3.75. The van der Waals surface area contributed by atoms with E-state index in [1.165, 1.54) is 11.8 Å². The number of nitrogens with two attached hydrogens (primary N) is 1. The molecular weight excluding hydrogens is 363 g/mol. The van der Waals surface area contributed by atoms with Gasteiger partial charge in [0.2, 0.25) is 0 Å². The van der Waals surface area contributed by atoms with E-state index in [9.17, 15) is 4.79 Å². The molecule has 0 fully saturated rings. The lowest BCUT2D eigenvalue weighted by molar-refractivity contribution is 0.604. The first-order valence-corrected chi connectivity index (χ1v) is 7.39. The molecule has 1 aromatic heterocycles. The fraction of sp³-hybridized carbons (Fsp3) is 0.273. The van der Waals surface area contributed by atoms with Crippen LogP contribution in [0.4, 0.5) is 5.69 Å². The highest BCUT2D eigenvalue weighted by Crippen LogP contribution is 2.30. The summed E-state index contributed by atoms with van der Waals surface area (Å²) in [4.78, 5) is 12.6. The largest absolute Gasteiger partial charge is 0.399 e. The standard InChI is InChI=1S/C11H13IN4OS/c1-2-5-16-10(17)14-15-11(16)18-9-4-3-7(13)6-8(9)12/h3-4,6H,2,5,13H2,1H3,(H,14,17). The van der Waals surface area contributed by atoms with Gasteiger partial charge in [0.1, 0.15) is 0 Å². The van der Waals surface area contributed by atoms with Gasteiger partial charge in [-0.25, -0.2) is 9.89 Å². The lowest BCUT2D eigenvalue weighted by atomic mass is 10.3. The van der Waals surface area contributed by atoms with Crippen LogP contribution in [0, 0.1) is 3.57 Å². The van der Waals surface area contributed by atoms with Gasteiger partial charge in [-0.05, 0) is 59.0 Å². The van der Waals surface area contributed by atoms with Crippen LogP contribution in [-0.2, 0) is 6.54 Å². The van der Waals surface area contributed by atoms with Gasteiger partial charge in [0.15, 0.2) is 5.16 Å². The van der Waals surface area contributed by atoms with Gasteiger partial charge in [-0.3, -0.25) is 4.57 Å². The van der Waals surface area contributed by atoms with Crippen LogP contribution in [0.2, 0.25) is 0 Å². The maximum Gasteiger partial charge on any atom is 0.343 e. The number of rotatable bonds is 4. The SMILES string of the molecule is CCCn1c(Sc2ccc(N)cc2I)n[nH]c1=O. The number of aromatic nitrogens is 3. The summed E-state index contributed by atoms with van der Waals surface area (Å²) in [5, 5.41) is 7.21. The predicted molar refractivity (Wildman–Crippen MR) is 80.8 cm³/mol. The number of hydrogen-bond acceptors (Lipinski definition) is 4. The van der Waals surface area contributed by atoms with Crippen LogP contribution in [-0.4, -0.2) is 14.8 Å². The molecule has 1 aromatic carbocycles. The first-order chi connectivity index (χ1) is 8.61. The molecule has 0 bridgehead atoms. The second kappa shape index (κ2) is 5.79. The van der Waals surface area contributed by atoms with E-state index in [0.717, 1.165) is 20.6 Å². The van der Waals surface area contributed by atoms with E-state index in [1.807, 2.05) is 25.1 Å². The number of nitrogen functional groups attached to an aromatic ring is 1. The van der Waals surface area contributed by atoms with Crippen LogP contribution in [0.5, 0.6) is 0 Å². The molecule has 0 atom stereocenters. The number of nitrogens with one attached hydrogen (secondary N) is 1. The Morgan fingerprint density at radius 2 is 2.33 bits per heavy atom. The van der Waals surface area contributed by atoms with Crippen LogP contribution in [0.1, 0.15) is 13.3 Å². The number of aromatic amines is 1. The summed E-state index contributed by atoms with van der Waals surface area (Å²) < 4.78 is 2.70. The number of benzene rings is 1. The monoisotopic (exact) mass is 376 g/mol. The normalized spacial score (nSPS) is 10.8. The molecule has 18 heavy (non-hydrogen) atoms. The Bertz CT molecular complexity index is 607. The molecule has 0 saturated carbocycles. The fourth-order valence-electron chi connectivity index (χ4n) is 1.50. The third-order valence-electron chi connectivity index (χ3n) is 2.33. The molecule has 2 aromatic rings. The van der Waals surface area contributed by atoms with Crippen LogP contribution < -0.4 is 11.4 Å². The number of halogens is 1. The van der Waals surface area contributed by atoms with Crippen molar-refractivity contribution in [2.75, 3.05) is 5.73 Å². The van der Waals surface area contributed by atoms with Crippen molar-refractivity contribution in [1.29, 1.82) is 0 Å². The molecule has 2 rings (SSSR count). The first-order valence-electron chi connectivity index (χ1n) is 5.50. The van der Waals surface area contributed by atoms with Gasteiger partial charge < -0.3 is 5.73 Å². The van der Waals surface area contributed by atoms with Gasteiger partial charge in [-0.2, -0.15) is 0 Å². The zero-order valence-electron chi connectivity index (χ0n) is 9.81. The number of hydrogen-bond donors (Lipinski definition) is 2. The lowest BCUT2D eigenvalue weighted by Crippen LogP contribution is -2.17. The molecule has 0 radical (unpaired) electrons. The molecule has 0 saturated heterocycles. The summed E-state index contributed by atoms with van der Waals surface area (Å²) in [6, 6.07) is 5.69. The van der Waals surface area contributed by atoms with E-state index in [-0.39, 0.29) is 5.69 Å². The van der Waals surface area contributed by atoms with Crippen molar-refractivity contribution in [2.45, 2.75) is 29.9 Å². The third-order valence-corrected chi connectivity index (χ3v) is 4.66. The van der Waals surface area contributed by atoms with Crippen LogP contribution in [0.25, 0.3) is 0 Å². The van der Waals surface area contributed by atoms with Crippen molar-refractivity contribution in [3.05, 3.63) is 32.3 Å². The zero-order chi connectivity index (χ0) is 13.1. The third kappa shape index (κ3) is 2.89. The van der Waals surface area contributed by atoms with Gasteiger partial charge in [0.05, 0.1) is 0 Å². The summed E-state index contributed by atoms with van der Waals surface area (Å²) in [5.74, 6) is 0. The highest BCUT2D eigenvalue weighted by atomic mass is 127. The van der Waals surface area contributed by atoms with Crippen LogP contribution in [0.3, 0.4) is 0 Å². The van der Waals surface area contributed by atoms with Crippen molar-refractivity contribution in [2.24, 2.45) is 0 Å². The predicted octanol–water partition coefficient (Wildman–Crippen LogP) is 2.32. The van der Waals surface area contributed by atoms with Gasteiger partial charge >= 0.3 is 5.69 Å². The average molecular weight is 376 g/mol. The Labute approximate surface area is 122 Å². The van der Waals surface area contributed by atoms with Gasteiger partial charge in [-0.15, -0.1) is 5.10 Å². The Kier molecular flexibility index (Phi) is 4.33. The van der Waals surface area contributed by atoms with E-state index in [1.54, 1.807) is 4.57 Å². The summed E-state index contributed by atoms with van der Waals surface area (Å²) in [6.45, 7) is 2.70. The highest BCUT2D eigenvalue weighted by molar-refractivity contribution is 14.1. The van der Waals surface area contributed by atoms with E-state index in [0.29, 0.717) is 11.7 Å². The summed E-state index contributed by atoms with van der Waals surface area (Å²) in [7, 11) is 0. The molecule has 5 nitrogen and oxygen atoms in total. The van der Waals surface area contributed by atoms with E-state index >= 15 is 0 Å². The molecule has 3 N–H and O–H groups in total. The summed E-state index contributed by atoms with van der Waals surface area (Å²) in [6.07, 6.45) is 0.895. The molecule has 1 heterocycles. The lowest BCUT2D eigenvalue weighted by Gasteiger charge is -2.06. The number of H-pyrrole nitrogens is 1. The highest BCUT2D eigenvalue weighted by Gasteiger charge is 2.11. The van der Waals surface area contributed by atoms with Crippen molar-refractivity contribution < 1.29 is 0 Å². The van der Waals surface area contributed by atoms with Crippen molar-refractivity contribution >= 4 is 40.0 Å². The van der Waals surface area contributed by atoms with Crippen LogP contribution >= 0.6 is 34.4 Å². The molecule has 7 heteroatoms. The van der Waals surface area contributed by atoms with Crippen molar-refractivity contribution in [3.63, 3.8) is 0 Å². The zero-order valence-corrected chi connectivity index (χ0v) is 12.8.